The van der Waals surface area contributed by atoms with Gasteiger partial charge in [-0.15, -0.1) is 0 Å². The molecule has 11 heteroatoms. The maximum absolute atomic E-state index is 14.1. The predicted molar refractivity (Wildman–Crippen MR) is 214 cm³/mol. The van der Waals surface area contributed by atoms with Gasteiger partial charge in [-0.2, -0.15) is 0 Å². The third kappa shape index (κ3) is 12.5. The molecule has 1 aliphatic carbocycles. The van der Waals surface area contributed by atoms with Gasteiger partial charge in [0, 0.05) is 37.6 Å². The molecular weight excluding hydrogens is 714 g/mol. The smallest absolute Gasteiger partial charge is 0.329 e. The van der Waals surface area contributed by atoms with E-state index in [2.05, 4.69) is 0 Å². The highest BCUT2D eigenvalue weighted by Crippen LogP contribution is 2.37. The van der Waals surface area contributed by atoms with Crippen molar-refractivity contribution in [2.24, 2.45) is 29.6 Å². The number of aliphatic hydroxyl groups is 4. The third-order valence-corrected chi connectivity index (χ3v) is 12.8. The number of carbonyl (C=O) groups is 4. The van der Waals surface area contributed by atoms with Crippen molar-refractivity contribution in [3.8, 4) is 0 Å². The average molecular weight is 784 g/mol. The molecule has 1 amide bonds. The lowest BCUT2D eigenvalue weighted by Gasteiger charge is -2.42. The first-order valence-corrected chi connectivity index (χ1v) is 21.2. The monoisotopic (exact) mass is 783 g/mol. The number of cyclic esters (lactones) is 1. The molecule has 0 aromatic rings. The van der Waals surface area contributed by atoms with Crippen LogP contribution in [0.1, 0.15) is 131 Å². The summed E-state index contributed by atoms with van der Waals surface area (Å²) in [5, 5.41) is 43.9. The molecule has 0 aromatic heterocycles. The quantitative estimate of drug-likeness (QED) is 0.150. The first-order chi connectivity index (χ1) is 26.5. The number of carbonyl (C=O) groups excluding carboxylic acids is 4. The Kier molecular flexibility index (Phi) is 17.3. The highest BCUT2D eigenvalue weighted by Gasteiger charge is 2.53. The van der Waals surface area contributed by atoms with Crippen molar-refractivity contribution in [1.29, 1.82) is 0 Å². The Morgan fingerprint density at radius 1 is 0.857 bits per heavy atom. The van der Waals surface area contributed by atoms with Crippen LogP contribution in [0, 0.1) is 29.6 Å². The van der Waals surface area contributed by atoms with Gasteiger partial charge in [0.1, 0.15) is 17.9 Å². The summed E-state index contributed by atoms with van der Waals surface area (Å²) in [5.41, 5.74) is 1.27. The molecular formula is C45H69NO10. The molecule has 3 heterocycles. The van der Waals surface area contributed by atoms with Crippen molar-refractivity contribution < 1.29 is 49.1 Å². The third-order valence-electron chi connectivity index (χ3n) is 12.8. The Balaban J connectivity index is 1.63. The maximum Gasteiger partial charge on any atom is 0.329 e. The number of hydrogen-bond donors (Lipinski definition) is 4. The van der Waals surface area contributed by atoms with Crippen LogP contribution in [0.2, 0.25) is 0 Å². The van der Waals surface area contributed by atoms with Crippen LogP contribution in [-0.2, 0) is 28.7 Å². The molecule has 4 rings (SSSR count). The van der Waals surface area contributed by atoms with E-state index in [1.54, 1.807) is 26.8 Å². The minimum atomic E-state index is -2.42. The van der Waals surface area contributed by atoms with Crippen LogP contribution in [0.25, 0.3) is 0 Å². The Labute approximate surface area is 334 Å². The van der Waals surface area contributed by atoms with Gasteiger partial charge in [0.05, 0.1) is 24.4 Å². The maximum atomic E-state index is 14.1. The first-order valence-electron chi connectivity index (χ1n) is 21.2. The number of nitrogens with zero attached hydrogens (tertiary/aromatic N) is 1. The fourth-order valence-corrected chi connectivity index (χ4v) is 8.72. The molecule has 314 valence electrons. The minimum Gasteiger partial charge on any atom is -0.460 e. The van der Waals surface area contributed by atoms with Crippen LogP contribution >= 0.6 is 0 Å². The van der Waals surface area contributed by atoms with Crippen LogP contribution in [0.15, 0.2) is 47.6 Å². The molecule has 3 fully saturated rings. The molecule has 0 unspecified atom stereocenters. The molecule has 56 heavy (non-hydrogen) atoms. The molecule has 3 aliphatic heterocycles. The van der Waals surface area contributed by atoms with Crippen LogP contribution < -0.4 is 0 Å². The summed E-state index contributed by atoms with van der Waals surface area (Å²) in [6.45, 7) is 11.3. The summed E-state index contributed by atoms with van der Waals surface area (Å²) in [4.78, 5) is 56.5. The van der Waals surface area contributed by atoms with E-state index < -0.39 is 59.8 Å². The van der Waals surface area contributed by atoms with Gasteiger partial charge < -0.3 is 34.8 Å². The molecule has 1 saturated carbocycles. The Hall–Kier alpha value is -2.96. The van der Waals surface area contributed by atoms with Crippen LogP contribution in [0.3, 0.4) is 0 Å². The van der Waals surface area contributed by atoms with Crippen molar-refractivity contribution >= 4 is 23.4 Å². The number of fused-ring (bicyclic) bond motifs is 3. The van der Waals surface area contributed by atoms with Crippen LogP contribution in [0.4, 0.5) is 0 Å². The van der Waals surface area contributed by atoms with Gasteiger partial charge in [-0.05, 0) is 113 Å². The minimum absolute atomic E-state index is 0.0284. The zero-order valence-electron chi connectivity index (χ0n) is 34.6. The van der Waals surface area contributed by atoms with Crippen molar-refractivity contribution in [3.05, 3.63) is 47.6 Å². The number of piperidine rings is 1. The predicted octanol–water partition coefficient (Wildman–Crippen LogP) is 6.07. The second kappa shape index (κ2) is 21.2. The molecule has 2 saturated heterocycles. The molecule has 0 radical (unpaired) electrons. The van der Waals surface area contributed by atoms with Gasteiger partial charge in [-0.25, -0.2) is 4.79 Å². The number of ketones is 2. The first kappa shape index (κ1) is 45.7. The zero-order valence-corrected chi connectivity index (χ0v) is 34.6. The van der Waals surface area contributed by atoms with Gasteiger partial charge in [-0.1, -0.05) is 64.2 Å². The van der Waals surface area contributed by atoms with Crippen molar-refractivity contribution in [1.82, 2.24) is 4.90 Å². The lowest BCUT2D eigenvalue weighted by molar-refractivity contribution is -0.265. The van der Waals surface area contributed by atoms with Crippen LogP contribution in [-0.4, -0.2) is 97.7 Å². The van der Waals surface area contributed by atoms with E-state index in [1.165, 1.54) is 4.90 Å². The molecule has 10 atom stereocenters. The van der Waals surface area contributed by atoms with Gasteiger partial charge >= 0.3 is 5.97 Å². The highest BCUT2D eigenvalue weighted by molar-refractivity contribution is 6.39. The summed E-state index contributed by atoms with van der Waals surface area (Å²) >= 11 is 0. The van der Waals surface area contributed by atoms with E-state index in [9.17, 15) is 39.6 Å². The molecule has 11 nitrogen and oxygen atoms in total. The largest absolute Gasteiger partial charge is 0.460 e. The number of hydrogen-bond acceptors (Lipinski definition) is 10. The summed E-state index contributed by atoms with van der Waals surface area (Å²) < 4.78 is 12.3. The van der Waals surface area contributed by atoms with Gasteiger partial charge in [0.2, 0.25) is 5.79 Å². The zero-order chi connectivity index (χ0) is 41.2. The number of rotatable bonds is 3. The fraction of sp³-hybridized carbons (Fsp3) is 0.733. The van der Waals surface area contributed by atoms with E-state index in [-0.39, 0.29) is 55.4 Å². The van der Waals surface area contributed by atoms with E-state index in [0.717, 1.165) is 32.1 Å². The van der Waals surface area contributed by atoms with Gasteiger partial charge in [0.25, 0.3) is 11.7 Å². The van der Waals surface area contributed by atoms with Crippen molar-refractivity contribution in [3.63, 3.8) is 0 Å². The molecule has 0 spiro atoms. The topological polar surface area (TPSA) is 171 Å². The molecule has 0 aromatic carbocycles. The number of allylic oxidation sites excluding steroid dienone is 5. The van der Waals surface area contributed by atoms with Crippen molar-refractivity contribution in [2.45, 2.75) is 174 Å². The normalized spacial score (nSPS) is 40.5. The summed E-state index contributed by atoms with van der Waals surface area (Å²) in [6, 6.07) is -1.03. The number of aliphatic hydroxyl groups excluding tert-OH is 3. The standard InChI is InChI=1S/C45H69NO10/c1-28-12-8-7-9-13-29(2)38(48)26-36-21-16-33(6)45(54,56-36)42(51)43(52)46-23-11-10-14-37(46)44(53)55-41(32(5)25-34-17-19-35(47)20-18-34)22-15-30(3)39(49)27-40(50)31(4)24-28/h7-9,12-13,15,28,31-39,41,47-49,54H,10-11,14,16-27H2,1-6H3/b9-7-,12-8-,29-13-,30-15-/t28-,31+,32-,33-,34?,35?,36+,37+,38+,39+,41+,45-/m1/s1. The van der Waals surface area contributed by atoms with E-state index in [0.29, 0.717) is 55.6 Å². The van der Waals surface area contributed by atoms with Crippen molar-refractivity contribution in [2.75, 3.05) is 6.54 Å². The van der Waals surface area contributed by atoms with E-state index in [4.69, 9.17) is 9.47 Å². The van der Waals surface area contributed by atoms with Gasteiger partial charge in [-0.3, -0.25) is 14.4 Å². The van der Waals surface area contributed by atoms with E-state index in [1.807, 2.05) is 51.2 Å². The SMILES string of the molecule is C/C1=C/C[C@@H]([C@H](C)CC2CCC(O)CC2)OC(=O)[C@@H]2CCCCN2C(=O)C(=O)[C@]2(O)O[C@@H](CC[C@H]2C)C[C@H](O)\C(C)=C/C=C\C=C/[C@@H](C)C[C@H](C)C(=O)C[C@@H]1O. The Bertz CT molecular complexity index is 1480. The summed E-state index contributed by atoms with van der Waals surface area (Å²) in [7, 11) is 0. The summed E-state index contributed by atoms with van der Waals surface area (Å²) in [6.07, 6.45) is 15.0. The molecule has 2 bridgehead atoms. The van der Waals surface area contributed by atoms with Crippen LogP contribution in [0.5, 0.6) is 0 Å². The molecule has 4 N–H and O–H groups in total. The average Bonchev–Trinajstić information content (AvgIpc) is 3.17. The Morgan fingerprint density at radius 2 is 1.57 bits per heavy atom. The van der Waals surface area contributed by atoms with E-state index >= 15 is 0 Å². The second-order valence-corrected chi connectivity index (χ2v) is 17.5. The highest BCUT2D eigenvalue weighted by atomic mass is 16.6. The van der Waals surface area contributed by atoms with Gasteiger partial charge in [0.15, 0.2) is 0 Å². The molecule has 4 aliphatic rings. The number of esters is 1. The Morgan fingerprint density at radius 3 is 2.29 bits per heavy atom. The fourth-order valence-electron chi connectivity index (χ4n) is 8.72. The number of Topliss-reactive ketones (excluding diaryl/α,β-unsaturated/α-hetero) is 2. The summed E-state index contributed by atoms with van der Waals surface area (Å²) in [5.74, 6) is -5.79. The number of amides is 1. The lowest BCUT2D eigenvalue weighted by atomic mass is 9.80. The number of ether oxygens (including phenoxy) is 2. The second-order valence-electron chi connectivity index (χ2n) is 17.5. The lowest BCUT2D eigenvalue weighted by Crippen LogP contribution is -2.60.